The van der Waals surface area contributed by atoms with Crippen LogP contribution in [-0.4, -0.2) is 62.9 Å². The lowest BCUT2D eigenvalue weighted by Crippen LogP contribution is -2.43. The largest absolute Gasteiger partial charge is 0.355 e. The number of aromatic nitrogens is 5. The van der Waals surface area contributed by atoms with Crippen molar-refractivity contribution < 1.29 is 0 Å². The van der Waals surface area contributed by atoms with Crippen LogP contribution in [0.2, 0.25) is 0 Å². The number of nitrogens with zero attached hydrogens (tertiary/aromatic N) is 7. The van der Waals surface area contributed by atoms with Gasteiger partial charge in [-0.1, -0.05) is 6.92 Å². The molecule has 0 saturated carbocycles. The minimum absolute atomic E-state index is 0.699. The summed E-state index contributed by atoms with van der Waals surface area (Å²) >= 11 is 0. The lowest BCUT2D eigenvalue weighted by atomic mass is 9.94. The number of fused-ring (bicyclic) bond motifs is 1. The fourth-order valence-corrected chi connectivity index (χ4v) is 3.84. The highest BCUT2D eigenvalue weighted by Gasteiger charge is 2.25. The number of likely N-dealkylation sites (tertiary alicyclic amines) is 1. The molecule has 0 radical (unpaired) electrons. The summed E-state index contributed by atoms with van der Waals surface area (Å²) in [5, 5.41) is 16.0. The molecule has 124 valence electrons. The van der Waals surface area contributed by atoms with Crippen molar-refractivity contribution in [1.29, 1.82) is 0 Å². The first-order valence-corrected chi connectivity index (χ1v) is 8.80. The van der Waals surface area contributed by atoms with E-state index in [1.54, 1.807) is 0 Å². The van der Waals surface area contributed by atoms with E-state index in [9.17, 15) is 0 Å². The molecule has 0 amide bonds. The zero-order chi connectivity index (χ0) is 15.6. The quantitative estimate of drug-likeness (QED) is 0.855. The number of tetrazole rings is 1. The Bertz CT molecular complexity index is 647. The van der Waals surface area contributed by atoms with Crippen molar-refractivity contribution in [3.8, 4) is 0 Å². The van der Waals surface area contributed by atoms with Gasteiger partial charge in [-0.2, -0.15) is 0 Å². The normalized spacial score (nSPS) is 24.4. The van der Waals surface area contributed by atoms with E-state index < -0.39 is 0 Å². The molecule has 2 saturated heterocycles. The molecule has 2 aliphatic rings. The lowest BCUT2D eigenvalue weighted by molar-refractivity contribution is 0.159. The monoisotopic (exact) mass is 315 g/mol. The molecule has 4 heterocycles. The Labute approximate surface area is 136 Å². The highest BCUT2D eigenvalue weighted by atomic mass is 15.6. The third kappa shape index (κ3) is 3.29. The highest BCUT2D eigenvalue weighted by molar-refractivity contribution is 5.44. The van der Waals surface area contributed by atoms with Gasteiger partial charge in [0.2, 0.25) is 0 Å². The van der Waals surface area contributed by atoms with Gasteiger partial charge in [0.15, 0.2) is 11.5 Å². The summed E-state index contributed by atoms with van der Waals surface area (Å²) in [5.74, 6) is 2.63. The average molecular weight is 315 g/mol. The molecule has 0 aliphatic carbocycles. The summed E-state index contributed by atoms with van der Waals surface area (Å²) in [6.07, 6.45) is 5.28. The molecule has 0 spiro atoms. The average Bonchev–Trinajstić information content (AvgIpc) is 3.05. The molecule has 2 aromatic rings. The van der Waals surface area contributed by atoms with Crippen LogP contribution in [0.3, 0.4) is 0 Å². The second-order valence-electron chi connectivity index (χ2n) is 7.16. The molecule has 2 aromatic heterocycles. The van der Waals surface area contributed by atoms with Gasteiger partial charge in [0.1, 0.15) is 0 Å². The van der Waals surface area contributed by atoms with Crippen molar-refractivity contribution in [2.24, 2.45) is 11.8 Å². The second kappa shape index (κ2) is 6.39. The predicted octanol–water partition coefficient (Wildman–Crippen LogP) is 1.47. The third-order valence-electron chi connectivity index (χ3n) is 5.29. The minimum atomic E-state index is 0.699. The molecular weight excluding hydrogens is 290 g/mol. The maximum atomic E-state index is 4.54. The Morgan fingerprint density at radius 2 is 2.00 bits per heavy atom. The van der Waals surface area contributed by atoms with Crippen LogP contribution in [0, 0.1) is 11.8 Å². The Balaban J connectivity index is 1.40. The van der Waals surface area contributed by atoms with E-state index in [1.165, 1.54) is 49.9 Å². The molecule has 1 unspecified atom stereocenters. The Hall–Kier alpha value is -1.76. The molecule has 0 bridgehead atoms. The summed E-state index contributed by atoms with van der Waals surface area (Å²) in [4.78, 5) is 5.05. The van der Waals surface area contributed by atoms with Crippen LogP contribution in [0.1, 0.15) is 32.6 Å². The van der Waals surface area contributed by atoms with Crippen molar-refractivity contribution in [3.63, 3.8) is 0 Å². The molecular formula is C16H25N7. The van der Waals surface area contributed by atoms with Gasteiger partial charge in [-0.05, 0) is 73.2 Å². The SMILES string of the molecule is CC1CCN(CC2CCCN(c3ccc4nnnn4n3)C2)CC1. The van der Waals surface area contributed by atoms with E-state index >= 15 is 0 Å². The number of hydrogen-bond donors (Lipinski definition) is 0. The van der Waals surface area contributed by atoms with Crippen molar-refractivity contribution in [1.82, 2.24) is 30.2 Å². The van der Waals surface area contributed by atoms with E-state index in [4.69, 9.17) is 0 Å². The molecule has 4 rings (SSSR count). The fraction of sp³-hybridized carbons (Fsp3) is 0.750. The summed E-state index contributed by atoms with van der Waals surface area (Å²) < 4.78 is 1.52. The van der Waals surface area contributed by atoms with Crippen molar-refractivity contribution in [3.05, 3.63) is 12.1 Å². The first-order chi connectivity index (χ1) is 11.3. The van der Waals surface area contributed by atoms with Crippen LogP contribution < -0.4 is 4.90 Å². The van der Waals surface area contributed by atoms with Crippen LogP contribution in [0.4, 0.5) is 5.82 Å². The third-order valence-corrected chi connectivity index (χ3v) is 5.29. The summed E-state index contributed by atoms with van der Waals surface area (Å²) in [6.45, 7) is 8.32. The van der Waals surface area contributed by atoms with Gasteiger partial charge in [0.25, 0.3) is 0 Å². The van der Waals surface area contributed by atoms with Gasteiger partial charge in [0.05, 0.1) is 0 Å². The Morgan fingerprint density at radius 3 is 2.87 bits per heavy atom. The van der Waals surface area contributed by atoms with Gasteiger partial charge >= 0.3 is 0 Å². The Kier molecular flexibility index (Phi) is 4.11. The number of piperidine rings is 2. The van der Waals surface area contributed by atoms with E-state index in [-0.39, 0.29) is 0 Å². The fourth-order valence-electron chi connectivity index (χ4n) is 3.84. The molecule has 0 aromatic carbocycles. The van der Waals surface area contributed by atoms with Crippen molar-refractivity contribution in [2.45, 2.75) is 32.6 Å². The van der Waals surface area contributed by atoms with Crippen molar-refractivity contribution >= 4 is 11.5 Å². The van der Waals surface area contributed by atoms with Gasteiger partial charge < -0.3 is 9.80 Å². The molecule has 7 heteroatoms. The van der Waals surface area contributed by atoms with Gasteiger partial charge in [-0.15, -0.1) is 14.8 Å². The number of anilines is 1. The maximum absolute atomic E-state index is 4.54. The zero-order valence-corrected chi connectivity index (χ0v) is 13.8. The van der Waals surface area contributed by atoms with Crippen molar-refractivity contribution in [2.75, 3.05) is 37.6 Å². The Morgan fingerprint density at radius 1 is 1.13 bits per heavy atom. The topological polar surface area (TPSA) is 62.5 Å². The lowest BCUT2D eigenvalue weighted by Gasteiger charge is -2.38. The first-order valence-electron chi connectivity index (χ1n) is 8.80. The second-order valence-corrected chi connectivity index (χ2v) is 7.16. The van der Waals surface area contributed by atoms with Gasteiger partial charge in [-0.25, -0.2) is 0 Å². The maximum Gasteiger partial charge on any atom is 0.200 e. The summed E-state index contributed by atoms with van der Waals surface area (Å²) in [7, 11) is 0. The van der Waals surface area contributed by atoms with E-state index in [2.05, 4.69) is 37.3 Å². The van der Waals surface area contributed by atoms with Crippen LogP contribution in [0.15, 0.2) is 12.1 Å². The zero-order valence-electron chi connectivity index (χ0n) is 13.8. The summed E-state index contributed by atoms with van der Waals surface area (Å²) in [5.41, 5.74) is 0.699. The molecule has 2 aliphatic heterocycles. The molecule has 2 fully saturated rings. The molecule has 7 nitrogen and oxygen atoms in total. The van der Waals surface area contributed by atoms with Crippen LogP contribution in [0.5, 0.6) is 0 Å². The van der Waals surface area contributed by atoms with Gasteiger partial charge in [0, 0.05) is 19.6 Å². The number of rotatable bonds is 3. The molecule has 1 atom stereocenters. The predicted molar refractivity (Wildman–Crippen MR) is 88.4 cm³/mol. The summed E-state index contributed by atoms with van der Waals surface area (Å²) in [6, 6.07) is 3.98. The van der Waals surface area contributed by atoms with Crippen LogP contribution in [0.25, 0.3) is 5.65 Å². The smallest absolute Gasteiger partial charge is 0.200 e. The number of hydrogen-bond acceptors (Lipinski definition) is 6. The standard InChI is InChI=1S/C16H25N7/c1-13-6-9-21(10-7-13)11-14-3-2-8-22(12-14)16-5-4-15-17-19-20-23(15)18-16/h4-5,13-14H,2-3,6-12H2,1H3. The first kappa shape index (κ1) is 14.8. The van der Waals surface area contributed by atoms with E-state index in [0.29, 0.717) is 5.65 Å². The van der Waals surface area contributed by atoms with E-state index in [0.717, 1.165) is 30.7 Å². The highest BCUT2D eigenvalue weighted by Crippen LogP contribution is 2.24. The van der Waals surface area contributed by atoms with Crippen LogP contribution in [-0.2, 0) is 0 Å². The van der Waals surface area contributed by atoms with E-state index in [1.807, 2.05) is 12.1 Å². The van der Waals surface area contributed by atoms with Gasteiger partial charge in [-0.3, -0.25) is 0 Å². The minimum Gasteiger partial charge on any atom is -0.355 e. The molecule has 0 N–H and O–H groups in total. The molecule has 23 heavy (non-hydrogen) atoms. The van der Waals surface area contributed by atoms with Crippen LogP contribution >= 0.6 is 0 Å².